The van der Waals surface area contributed by atoms with Crippen molar-refractivity contribution in [1.82, 2.24) is 4.98 Å². The van der Waals surface area contributed by atoms with Crippen LogP contribution in [0.15, 0.2) is 28.7 Å². The van der Waals surface area contributed by atoms with Crippen LogP contribution in [0.5, 0.6) is 0 Å². The molecule has 0 atom stereocenters. The molecule has 2 aromatic heterocycles. The Hall–Kier alpha value is -2.01. The maximum Gasteiger partial charge on any atom is 0.240 e. The average Bonchev–Trinajstić information content (AvgIpc) is 2.91. The maximum atomic E-state index is 13.1. The summed E-state index contributed by atoms with van der Waals surface area (Å²) in [6.07, 6.45) is 0. The van der Waals surface area contributed by atoms with Gasteiger partial charge in [-0.2, -0.15) is 0 Å². The molecule has 3 aromatic rings. The first-order chi connectivity index (χ1) is 9.04. The van der Waals surface area contributed by atoms with Gasteiger partial charge in [-0.05, 0) is 38.1 Å². The fourth-order valence-corrected chi connectivity index (χ4v) is 2.84. The van der Waals surface area contributed by atoms with Gasteiger partial charge in [0.1, 0.15) is 16.3 Å². The van der Waals surface area contributed by atoms with Crippen molar-refractivity contribution in [2.45, 2.75) is 13.8 Å². The van der Waals surface area contributed by atoms with E-state index in [0.29, 0.717) is 21.5 Å². The van der Waals surface area contributed by atoms with Crippen LogP contribution in [-0.2, 0) is 0 Å². The van der Waals surface area contributed by atoms with Crippen LogP contribution in [0.2, 0.25) is 0 Å². The Morgan fingerprint density at radius 2 is 2.11 bits per heavy atom. The second-order valence-corrected chi connectivity index (χ2v) is 5.47. The summed E-state index contributed by atoms with van der Waals surface area (Å²) in [6.45, 7) is 3.64. The molecule has 1 aromatic carbocycles. The minimum Gasteiger partial charge on any atom is -0.453 e. The first-order valence-electron chi connectivity index (χ1n) is 5.72. The summed E-state index contributed by atoms with van der Waals surface area (Å²) in [5, 5.41) is 1.42. The van der Waals surface area contributed by atoms with Gasteiger partial charge in [0.2, 0.25) is 5.78 Å². The molecular weight excluding hydrogens is 265 g/mol. The van der Waals surface area contributed by atoms with Crippen molar-refractivity contribution in [2.75, 3.05) is 0 Å². The second kappa shape index (κ2) is 4.28. The van der Waals surface area contributed by atoms with Crippen molar-refractivity contribution in [3.63, 3.8) is 0 Å². The van der Waals surface area contributed by atoms with E-state index in [1.54, 1.807) is 13.0 Å². The Balaban J connectivity index is 2.09. The highest BCUT2D eigenvalue weighted by atomic mass is 32.1. The number of carbonyl (C=O) groups excluding carboxylic acids is 1. The lowest BCUT2D eigenvalue weighted by Gasteiger charge is -1.93. The number of halogens is 1. The Morgan fingerprint density at radius 3 is 2.79 bits per heavy atom. The Morgan fingerprint density at radius 1 is 1.32 bits per heavy atom. The molecule has 19 heavy (non-hydrogen) atoms. The van der Waals surface area contributed by atoms with Crippen molar-refractivity contribution >= 4 is 28.1 Å². The first-order valence-corrected chi connectivity index (χ1v) is 6.54. The SMILES string of the molecule is Cc1nc(C)c(C(=O)c2cc3cc(F)ccc3o2)s1. The molecule has 0 aliphatic heterocycles. The number of carbonyl (C=O) groups is 1. The minimum absolute atomic E-state index is 0.209. The summed E-state index contributed by atoms with van der Waals surface area (Å²) >= 11 is 1.34. The number of benzene rings is 1. The van der Waals surface area contributed by atoms with Crippen molar-refractivity contribution in [1.29, 1.82) is 0 Å². The lowest BCUT2D eigenvalue weighted by molar-refractivity contribution is 0.101. The highest BCUT2D eigenvalue weighted by Crippen LogP contribution is 2.25. The van der Waals surface area contributed by atoms with E-state index in [0.717, 1.165) is 5.01 Å². The maximum absolute atomic E-state index is 13.1. The highest BCUT2D eigenvalue weighted by molar-refractivity contribution is 7.13. The number of hydrogen-bond acceptors (Lipinski definition) is 4. The van der Waals surface area contributed by atoms with E-state index in [1.165, 1.54) is 29.5 Å². The fraction of sp³-hybridized carbons (Fsp3) is 0.143. The van der Waals surface area contributed by atoms with Gasteiger partial charge in [-0.3, -0.25) is 4.79 Å². The van der Waals surface area contributed by atoms with E-state index in [-0.39, 0.29) is 17.4 Å². The summed E-state index contributed by atoms with van der Waals surface area (Å²) in [6, 6.07) is 5.74. The molecular formula is C14H10FNO2S. The Kier molecular flexibility index (Phi) is 2.71. The summed E-state index contributed by atoms with van der Waals surface area (Å²) in [7, 11) is 0. The number of ketones is 1. The van der Waals surface area contributed by atoms with Gasteiger partial charge in [0.25, 0.3) is 0 Å². The summed E-state index contributed by atoms with van der Waals surface area (Å²) in [5.41, 5.74) is 1.20. The van der Waals surface area contributed by atoms with Crippen molar-refractivity contribution in [3.8, 4) is 0 Å². The molecule has 0 bridgehead atoms. The largest absolute Gasteiger partial charge is 0.453 e. The molecule has 0 amide bonds. The molecule has 0 radical (unpaired) electrons. The van der Waals surface area contributed by atoms with E-state index in [9.17, 15) is 9.18 Å². The van der Waals surface area contributed by atoms with Gasteiger partial charge in [-0.25, -0.2) is 9.37 Å². The van der Waals surface area contributed by atoms with E-state index >= 15 is 0 Å². The lowest BCUT2D eigenvalue weighted by Crippen LogP contribution is -1.98. The van der Waals surface area contributed by atoms with E-state index < -0.39 is 0 Å². The van der Waals surface area contributed by atoms with Crippen molar-refractivity contribution in [2.24, 2.45) is 0 Å². The third kappa shape index (κ3) is 2.06. The quantitative estimate of drug-likeness (QED) is 0.667. The third-order valence-corrected chi connectivity index (χ3v) is 3.88. The monoisotopic (exact) mass is 275 g/mol. The molecule has 0 spiro atoms. The molecule has 0 N–H and O–H groups in total. The minimum atomic E-state index is -0.350. The molecule has 0 aliphatic carbocycles. The van der Waals surface area contributed by atoms with Crippen LogP contribution in [0.4, 0.5) is 4.39 Å². The van der Waals surface area contributed by atoms with Gasteiger partial charge < -0.3 is 4.42 Å². The molecule has 0 aliphatic rings. The van der Waals surface area contributed by atoms with Gasteiger partial charge in [-0.1, -0.05) is 0 Å². The zero-order valence-electron chi connectivity index (χ0n) is 10.4. The van der Waals surface area contributed by atoms with Crippen molar-refractivity contribution in [3.05, 3.63) is 51.4 Å². The van der Waals surface area contributed by atoms with Gasteiger partial charge in [0.05, 0.1) is 10.7 Å². The number of nitrogens with zero attached hydrogens (tertiary/aromatic N) is 1. The number of aryl methyl sites for hydroxylation is 2. The van der Waals surface area contributed by atoms with E-state index in [1.807, 2.05) is 6.92 Å². The van der Waals surface area contributed by atoms with Crippen LogP contribution in [0.3, 0.4) is 0 Å². The number of aromatic nitrogens is 1. The molecule has 0 unspecified atom stereocenters. The molecule has 2 heterocycles. The smallest absolute Gasteiger partial charge is 0.240 e. The normalized spacial score (nSPS) is 11.1. The number of rotatable bonds is 2. The molecule has 3 nitrogen and oxygen atoms in total. The molecule has 96 valence electrons. The highest BCUT2D eigenvalue weighted by Gasteiger charge is 2.19. The average molecular weight is 275 g/mol. The van der Waals surface area contributed by atoms with Crippen LogP contribution >= 0.6 is 11.3 Å². The number of furan rings is 1. The van der Waals surface area contributed by atoms with Crippen molar-refractivity contribution < 1.29 is 13.6 Å². The predicted octanol–water partition coefficient (Wildman–Crippen LogP) is 3.88. The number of hydrogen-bond donors (Lipinski definition) is 0. The molecule has 0 saturated heterocycles. The van der Waals surface area contributed by atoms with Gasteiger partial charge in [0, 0.05) is 5.39 Å². The van der Waals surface area contributed by atoms with Gasteiger partial charge >= 0.3 is 0 Å². The van der Waals surface area contributed by atoms with Gasteiger partial charge in [0.15, 0.2) is 5.76 Å². The standard InChI is InChI=1S/C14H10FNO2S/c1-7-14(19-8(2)16-7)13(17)12-6-9-5-10(15)3-4-11(9)18-12/h3-6H,1-2H3. The van der Waals surface area contributed by atoms with E-state index in [2.05, 4.69) is 4.98 Å². The topological polar surface area (TPSA) is 43.1 Å². The van der Waals surface area contributed by atoms with Crippen LogP contribution in [0.25, 0.3) is 11.0 Å². The molecule has 0 fully saturated rings. The number of thiazole rings is 1. The van der Waals surface area contributed by atoms with E-state index in [4.69, 9.17) is 4.42 Å². The summed E-state index contributed by atoms with van der Waals surface area (Å²) < 4.78 is 18.6. The van der Waals surface area contributed by atoms with Gasteiger partial charge in [-0.15, -0.1) is 11.3 Å². The first kappa shape index (κ1) is 12.0. The molecule has 0 saturated carbocycles. The molecule has 3 rings (SSSR count). The van der Waals surface area contributed by atoms with Crippen LogP contribution in [0, 0.1) is 19.7 Å². The van der Waals surface area contributed by atoms with Crippen LogP contribution in [0.1, 0.15) is 26.1 Å². The third-order valence-electron chi connectivity index (χ3n) is 2.81. The van der Waals surface area contributed by atoms with Crippen LogP contribution < -0.4 is 0 Å². The summed E-state index contributed by atoms with van der Waals surface area (Å²) in [5.74, 6) is -0.343. The lowest BCUT2D eigenvalue weighted by atomic mass is 10.2. The zero-order valence-corrected chi connectivity index (χ0v) is 11.2. The zero-order chi connectivity index (χ0) is 13.6. The number of fused-ring (bicyclic) bond motifs is 1. The molecule has 5 heteroatoms. The summed E-state index contributed by atoms with van der Waals surface area (Å²) in [4.78, 5) is 17.1. The second-order valence-electron chi connectivity index (χ2n) is 4.27. The Labute approximate surface area is 112 Å². The predicted molar refractivity (Wildman–Crippen MR) is 71.2 cm³/mol. The Bertz CT molecular complexity index is 788. The van der Waals surface area contributed by atoms with Crippen LogP contribution in [-0.4, -0.2) is 10.8 Å². The fourth-order valence-electron chi connectivity index (χ4n) is 1.98.